The van der Waals surface area contributed by atoms with Crippen molar-refractivity contribution in [2.45, 2.75) is 30.3 Å². The Morgan fingerprint density at radius 3 is 2.47 bits per heavy atom. The number of rotatable bonds is 8. The number of anilines is 4. The molecule has 0 aliphatic carbocycles. The van der Waals surface area contributed by atoms with Crippen molar-refractivity contribution in [1.29, 1.82) is 0 Å². The molecule has 202 valence electrons. The van der Waals surface area contributed by atoms with Crippen molar-refractivity contribution in [3.05, 3.63) is 66.1 Å². The summed E-state index contributed by atoms with van der Waals surface area (Å²) >= 11 is 1.86. The minimum absolute atomic E-state index is 0.201. The maximum atomic E-state index is 13.5. The van der Waals surface area contributed by atoms with E-state index in [9.17, 15) is 17.9 Å². The standard InChI is InChI=1S/C26H31FN6O3S2/c1-19-16-21(4-7-23(19)27)29-24-8-11-28-25(31-24)30-20-2-5-22(6-3-20)38(35,36)33-12-9-26(34,10-13-33)17-32-14-15-37-18-32/h2-8,11,16,34H,9-10,12-15,17-18H2,1H3,(H2,28,29,30,31). The summed E-state index contributed by atoms with van der Waals surface area (Å²) in [6.45, 7) is 3.84. The number of nitrogens with zero attached hydrogens (tertiary/aromatic N) is 4. The van der Waals surface area contributed by atoms with E-state index in [2.05, 4.69) is 25.5 Å². The first-order valence-electron chi connectivity index (χ1n) is 12.5. The lowest BCUT2D eigenvalue weighted by Crippen LogP contribution is -2.51. The van der Waals surface area contributed by atoms with E-state index in [0.29, 0.717) is 61.2 Å². The molecule has 3 heterocycles. The molecule has 2 aromatic carbocycles. The Morgan fingerprint density at radius 1 is 1.05 bits per heavy atom. The predicted molar refractivity (Wildman–Crippen MR) is 148 cm³/mol. The molecule has 12 heteroatoms. The first-order chi connectivity index (χ1) is 18.2. The third-order valence-corrected chi connectivity index (χ3v) is 9.76. The molecule has 5 rings (SSSR count). The Morgan fingerprint density at radius 2 is 1.79 bits per heavy atom. The van der Waals surface area contributed by atoms with Crippen LogP contribution >= 0.6 is 11.8 Å². The quantitative estimate of drug-likeness (QED) is 0.379. The van der Waals surface area contributed by atoms with Crippen molar-refractivity contribution in [3.8, 4) is 0 Å². The SMILES string of the molecule is Cc1cc(Nc2ccnc(Nc3ccc(S(=O)(=O)N4CCC(O)(CN5CCSC5)CC4)cc3)n2)ccc1F. The second-order valence-corrected chi connectivity index (χ2v) is 12.7. The number of hydrogen-bond acceptors (Lipinski definition) is 9. The van der Waals surface area contributed by atoms with Crippen LogP contribution in [0, 0.1) is 12.7 Å². The van der Waals surface area contributed by atoms with E-state index >= 15 is 0 Å². The molecule has 2 saturated heterocycles. The van der Waals surface area contributed by atoms with Crippen molar-refractivity contribution in [3.63, 3.8) is 0 Å². The minimum atomic E-state index is -3.67. The van der Waals surface area contributed by atoms with Crippen molar-refractivity contribution >= 4 is 44.9 Å². The number of β-amino-alcohol motifs (C(OH)–C–C–N with tert-alkyl or cyclic N) is 1. The zero-order chi connectivity index (χ0) is 26.8. The van der Waals surface area contributed by atoms with Crippen LogP contribution in [0.3, 0.4) is 0 Å². The molecule has 9 nitrogen and oxygen atoms in total. The molecule has 3 aromatic rings. The fourth-order valence-electron chi connectivity index (χ4n) is 4.64. The topological polar surface area (TPSA) is 111 Å². The van der Waals surface area contributed by atoms with Crippen LogP contribution in [0.4, 0.5) is 27.5 Å². The van der Waals surface area contributed by atoms with E-state index in [1.165, 1.54) is 10.4 Å². The lowest BCUT2D eigenvalue weighted by atomic mass is 9.92. The number of thioether (sulfide) groups is 1. The first kappa shape index (κ1) is 26.8. The molecule has 0 amide bonds. The maximum Gasteiger partial charge on any atom is 0.243 e. The number of nitrogens with one attached hydrogen (secondary N) is 2. The van der Waals surface area contributed by atoms with Crippen molar-refractivity contribution in [2.75, 3.05) is 48.4 Å². The van der Waals surface area contributed by atoms with Crippen LogP contribution in [0.1, 0.15) is 18.4 Å². The second-order valence-electron chi connectivity index (χ2n) is 9.72. The molecule has 0 atom stereocenters. The van der Waals surface area contributed by atoms with Gasteiger partial charge in [-0.1, -0.05) is 0 Å². The maximum absolute atomic E-state index is 13.5. The molecule has 0 bridgehead atoms. The first-order valence-corrected chi connectivity index (χ1v) is 15.1. The van der Waals surface area contributed by atoms with Crippen LogP contribution in [0.2, 0.25) is 0 Å². The molecule has 2 fully saturated rings. The molecule has 0 unspecified atom stereocenters. The van der Waals surface area contributed by atoms with Crippen LogP contribution in [0.5, 0.6) is 0 Å². The molecule has 2 aliphatic rings. The molecule has 0 radical (unpaired) electrons. The molecule has 2 aliphatic heterocycles. The van der Waals surface area contributed by atoms with E-state index in [4.69, 9.17) is 0 Å². The molecule has 3 N–H and O–H groups in total. The van der Waals surface area contributed by atoms with Crippen LogP contribution in [0.25, 0.3) is 0 Å². The highest BCUT2D eigenvalue weighted by atomic mass is 32.2. The highest BCUT2D eigenvalue weighted by molar-refractivity contribution is 7.99. The van der Waals surface area contributed by atoms with Crippen LogP contribution < -0.4 is 10.6 Å². The van der Waals surface area contributed by atoms with Crippen molar-refractivity contribution in [2.24, 2.45) is 0 Å². The Balaban J connectivity index is 1.20. The Kier molecular flexibility index (Phi) is 7.87. The number of piperidine rings is 1. The largest absolute Gasteiger partial charge is 0.388 e. The average Bonchev–Trinajstić information content (AvgIpc) is 3.39. The van der Waals surface area contributed by atoms with Crippen LogP contribution in [0.15, 0.2) is 59.6 Å². The summed E-state index contributed by atoms with van der Waals surface area (Å²) in [5.41, 5.74) is 1.02. The highest BCUT2D eigenvalue weighted by Gasteiger charge is 2.38. The molecular formula is C26H31FN6O3S2. The predicted octanol–water partition coefficient (Wildman–Crippen LogP) is 3.93. The third kappa shape index (κ3) is 6.26. The summed E-state index contributed by atoms with van der Waals surface area (Å²) in [4.78, 5) is 11.1. The van der Waals surface area contributed by atoms with E-state index in [1.54, 1.807) is 55.6 Å². The van der Waals surface area contributed by atoms with Crippen LogP contribution in [-0.2, 0) is 10.0 Å². The average molecular weight is 559 g/mol. The summed E-state index contributed by atoms with van der Waals surface area (Å²) < 4.78 is 41.4. The van der Waals surface area contributed by atoms with Gasteiger partial charge in [0.05, 0.1) is 10.5 Å². The van der Waals surface area contributed by atoms with Gasteiger partial charge in [-0.25, -0.2) is 17.8 Å². The Hall–Kier alpha value is -2.77. The smallest absolute Gasteiger partial charge is 0.243 e. The minimum Gasteiger partial charge on any atom is -0.388 e. The molecule has 0 spiro atoms. The summed E-state index contributed by atoms with van der Waals surface area (Å²) in [7, 11) is -3.67. The van der Waals surface area contributed by atoms with E-state index in [-0.39, 0.29) is 10.7 Å². The number of aliphatic hydroxyl groups is 1. The van der Waals surface area contributed by atoms with Gasteiger partial charge in [-0.3, -0.25) is 4.90 Å². The summed E-state index contributed by atoms with van der Waals surface area (Å²) in [5.74, 6) is 2.58. The number of aryl methyl sites for hydroxylation is 1. The van der Waals surface area contributed by atoms with Gasteiger partial charge >= 0.3 is 0 Å². The molecular weight excluding hydrogens is 527 g/mol. The lowest BCUT2D eigenvalue weighted by molar-refractivity contribution is -0.0270. The van der Waals surface area contributed by atoms with Crippen molar-refractivity contribution < 1.29 is 17.9 Å². The highest BCUT2D eigenvalue weighted by Crippen LogP contribution is 2.30. The lowest BCUT2D eigenvalue weighted by Gasteiger charge is -2.39. The van der Waals surface area contributed by atoms with Crippen molar-refractivity contribution in [1.82, 2.24) is 19.2 Å². The van der Waals surface area contributed by atoms with E-state index in [0.717, 1.165) is 18.2 Å². The summed E-state index contributed by atoms with van der Waals surface area (Å²) in [6.07, 6.45) is 2.44. The van der Waals surface area contributed by atoms with Gasteiger partial charge < -0.3 is 15.7 Å². The van der Waals surface area contributed by atoms with Gasteiger partial charge in [-0.05, 0) is 73.9 Å². The zero-order valence-corrected chi connectivity index (χ0v) is 22.7. The fraction of sp³-hybridized carbons (Fsp3) is 0.385. The molecule has 38 heavy (non-hydrogen) atoms. The Labute approximate surface area is 226 Å². The van der Waals surface area contributed by atoms with E-state index in [1.807, 2.05) is 11.8 Å². The Bertz CT molecular complexity index is 1380. The summed E-state index contributed by atoms with van der Waals surface area (Å²) in [5, 5.41) is 17.2. The fourth-order valence-corrected chi connectivity index (χ4v) is 7.08. The number of sulfonamides is 1. The van der Waals surface area contributed by atoms with Gasteiger partial charge in [0.15, 0.2) is 0 Å². The zero-order valence-electron chi connectivity index (χ0n) is 21.1. The van der Waals surface area contributed by atoms with Gasteiger partial charge in [0.2, 0.25) is 16.0 Å². The van der Waals surface area contributed by atoms with Gasteiger partial charge in [0, 0.05) is 55.4 Å². The number of halogens is 1. The van der Waals surface area contributed by atoms with Gasteiger partial charge in [-0.15, -0.1) is 11.8 Å². The van der Waals surface area contributed by atoms with E-state index < -0.39 is 15.6 Å². The third-order valence-electron chi connectivity index (χ3n) is 6.83. The normalized spacial score (nSPS) is 18.4. The summed E-state index contributed by atoms with van der Waals surface area (Å²) in [6, 6.07) is 12.9. The van der Waals surface area contributed by atoms with Gasteiger partial charge in [-0.2, -0.15) is 9.29 Å². The number of aromatic nitrogens is 2. The van der Waals surface area contributed by atoms with Gasteiger partial charge in [0.25, 0.3) is 0 Å². The number of benzene rings is 2. The van der Waals surface area contributed by atoms with Gasteiger partial charge in [0.1, 0.15) is 11.6 Å². The number of hydrogen-bond donors (Lipinski definition) is 3. The second kappa shape index (κ2) is 11.1. The molecule has 0 saturated carbocycles. The van der Waals surface area contributed by atoms with Crippen LogP contribution in [-0.4, -0.2) is 76.1 Å². The molecule has 1 aromatic heterocycles. The monoisotopic (exact) mass is 558 g/mol.